The number of ether oxygens (including phenoxy) is 1. The highest BCUT2D eigenvalue weighted by molar-refractivity contribution is 5.37. The van der Waals surface area contributed by atoms with Crippen molar-refractivity contribution in [3.05, 3.63) is 59.4 Å². The molecule has 0 bridgehead atoms. The van der Waals surface area contributed by atoms with Gasteiger partial charge in [-0.2, -0.15) is 0 Å². The van der Waals surface area contributed by atoms with Gasteiger partial charge in [-0.05, 0) is 49.7 Å². The van der Waals surface area contributed by atoms with Crippen LogP contribution in [0.5, 0.6) is 11.5 Å². The smallest absolute Gasteiger partial charge is 0.168 e. The molecule has 3 heteroatoms. The van der Waals surface area contributed by atoms with Gasteiger partial charge in [0.05, 0.1) is 0 Å². The average Bonchev–Trinajstić information content (AvgIpc) is 2.44. The van der Waals surface area contributed by atoms with Crippen LogP contribution in [-0.4, -0.2) is 6.54 Å². The van der Waals surface area contributed by atoms with Crippen molar-refractivity contribution < 1.29 is 9.13 Å². The Morgan fingerprint density at radius 3 is 2.70 bits per heavy atom. The largest absolute Gasteiger partial charge is 0.454 e. The summed E-state index contributed by atoms with van der Waals surface area (Å²) in [6.07, 6.45) is 0. The van der Waals surface area contributed by atoms with Gasteiger partial charge in [-0.3, -0.25) is 0 Å². The molecule has 2 nitrogen and oxygen atoms in total. The third-order valence-electron chi connectivity index (χ3n) is 3.25. The quantitative estimate of drug-likeness (QED) is 0.859. The molecular weight excluding hydrogens is 253 g/mol. The maximum Gasteiger partial charge on any atom is 0.168 e. The highest BCUT2D eigenvalue weighted by Crippen LogP contribution is 2.27. The minimum absolute atomic E-state index is 0.242. The molecule has 0 fully saturated rings. The van der Waals surface area contributed by atoms with Gasteiger partial charge in [0, 0.05) is 6.04 Å². The Morgan fingerprint density at radius 2 is 1.95 bits per heavy atom. The zero-order chi connectivity index (χ0) is 14.5. The first kappa shape index (κ1) is 14.5. The van der Waals surface area contributed by atoms with Crippen molar-refractivity contribution in [1.82, 2.24) is 5.32 Å². The lowest BCUT2D eigenvalue weighted by molar-refractivity contribution is 0.438. The van der Waals surface area contributed by atoms with Gasteiger partial charge >= 0.3 is 0 Å². The average molecular weight is 273 g/mol. The maximum atomic E-state index is 13.9. The molecule has 0 saturated carbocycles. The standard InChI is InChI=1S/C17H20FNO/c1-4-19-13(3)14-8-6-9-15(11-14)20-16-10-5-7-12(2)17(16)18/h5-11,13,19H,4H2,1-3H3. The van der Waals surface area contributed by atoms with E-state index in [1.165, 1.54) is 0 Å². The van der Waals surface area contributed by atoms with Crippen LogP contribution in [0, 0.1) is 12.7 Å². The molecule has 0 heterocycles. The van der Waals surface area contributed by atoms with Crippen LogP contribution >= 0.6 is 0 Å². The second-order valence-corrected chi connectivity index (χ2v) is 4.84. The monoisotopic (exact) mass is 273 g/mol. The SMILES string of the molecule is CCNC(C)c1cccc(Oc2cccc(C)c2F)c1. The van der Waals surface area contributed by atoms with Gasteiger partial charge in [0.15, 0.2) is 11.6 Å². The third-order valence-corrected chi connectivity index (χ3v) is 3.25. The lowest BCUT2D eigenvalue weighted by Gasteiger charge is -2.14. The summed E-state index contributed by atoms with van der Waals surface area (Å²) in [5, 5.41) is 3.34. The fourth-order valence-electron chi connectivity index (χ4n) is 2.10. The summed E-state index contributed by atoms with van der Waals surface area (Å²) < 4.78 is 19.6. The van der Waals surface area contributed by atoms with Gasteiger partial charge in [0.25, 0.3) is 0 Å². The first-order valence-electron chi connectivity index (χ1n) is 6.88. The Labute approximate surface area is 119 Å². The van der Waals surface area contributed by atoms with Gasteiger partial charge < -0.3 is 10.1 Å². The molecule has 1 N–H and O–H groups in total. The summed E-state index contributed by atoms with van der Waals surface area (Å²) in [4.78, 5) is 0. The van der Waals surface area contributed by atoms with Crippen LogP contribution in [0.2, 0.25) is 0 Å². The molecule has 1 unspecified atom stereocenters. The fraction of sp³-hybridized carbons (Fsp3) is 0.294. The predicted octanol–water partition coefficient (Wildman–Crippen LogP) is 4.60. The lowest BCUT2D eigenvalue weighted by atomic mass is 10.1. The zero-order valence-electron chi connectivity index (χ0n) is 12.1. The molecule has 106 valence electrons. The second kappa shape index (κ2) is 6.53. The van der Waals surface area contributed by atoms with E-state index in [0.717, 1.165) is 12.1 Å². The van der Waals surface area contributed by atoms with Crippen LogP contribution in [0.4, 0.5) is 4.39 Å². The molecule has 0 radical (unpaired) electrons. The van der Waals surface area contributed by atoms with E-state index in [9.17, 15) is 4.39 Å². The van der Waals surface area contributed by atoms with Crippen LogP contribution in [0.1, 0.15) is 31.0 Å². The van der Waals surface area contributed by atoms with Crippen molar-refractivity contribution in [2.24, 2.45) is 0 Å². The minimum Gasteiger partial charge on any atom is -0.454 e. The van der Waals surface area contributed by atoms with Crippen LogP contribution < -0.4 is 10.1 Å². The van der Waals surface area contributed by atoms with E-state index in [4.69, 9.17) is 4.74 Å². The molecule has 1 atom stereocenters. The molecule has 2 aromatic carbocycles. The van der Waals surface area contributed by atoms with E-state index in [2.05, 4.69) is 19.2 Å². The molecule has 0 aliphatic heterocycles. The Hall–Kier alpha value is -1.87. The van der Waals surface area contributed by atoms with Crippen molar-refractivity contribution in [2.45, 2.75) is 26.8 Å². The Kier molecular flexibility index (Phi) is 4.74. The molecule has 2 aromatic rings. The van der Waals surface area contributed by atoms with Gasteiger partial charge in [-0.1, -0.05) is 31.2 Å². The maximum absolute atomic E-state index is 13.9. The number of benzene rings is 2. The Morgan fingerprint density at radius 1 is 1.20 bits per heavy atom. The lowest BCUT2D eigenvalue weighted by Crippen LogP contribution is -2.17. The van der Waals surface area contributed by atoms with Crippen LogP contribution in [0.3, 0.4) is 0 Å². The second-order valence-electron chi connectivity index (χ2n) is 4.84. The molecular formula is C17H20FNO. The van der Waals surface area contributed by atoms with Gasteiger partial charge in [-0.15, -0.1) is 0 Å². The molecule has 0 aliphatic rings. The summed E-state index contributed by atoms with van der Waals surface area (Å²) in [6.45, 7) is 6.79. The summed E-state index contributed by atoms with van der Waals surface area (Å²) >= 11 is 0. The van der Waals surface area contributed by atoms with Crippen molar-refractivity contribution in [3.63, 3.8) is 0 Å². The minimum atomic E-state index is -0.308. The van der Waals surface area contributed by atoms with Crippen LogP contribution in [0.15, 0.2) is 42.5 Å². The van der Waals surface area contributed by atoms with E-state index in [-0.39, 0.29) is 17.6 Å². The molecule has 0 saturated heterocycles. The first-order valence-corrected chi connectivity index (χ1v) is 6.88. The summed E-state index contributed by atoms with van der Waals surface area (Å²) in [6, 6.07) is 13.1. The topological polar surface area (TPSA) is 21.3 Å². The van der Waals surface area contributed by atoms with E-state index in [0.29, 0.717) is 11.3 Å². The predicted molar refractivity (Wildman–Crippen MR) is 79.7 cm³/mol. The van der Waals surface area contributed by atoms with Gasteiger partial charge in [0.1, 0.15) is 5.75 Å². The van der Waals surface area contributed by atoms with E-state index < -0.39 is 0 Å². The van der Waals surface area contributed by atoms with Crippen molar-refractivity contribution in [1.29, 1.82) is 0 Å². The number of aryl methyl sites for hydroxylation is 1. The number of nitrogens with one attached hydrogen (secondary N) is 1. The summed E-state index contributed by atoms with van der Waals surface area (Å²) in [5.41, 5.74) is 1.71. The Bertz CT molecular complexity index is 583. The van der Waals surface area contributed by atoms with Gasteiger partial charge in [-0.25, -0.2) is 4.39 Å². The summed E-state index contributed by atoms with van der Waals surface area (Å²) in [5.74, 6) is 0.604. The fourth-order valence-corrected chi connectivity index (χ4v) is 2.10. The number of hydrogen-bond acceptors (Lipinski definition) is 2. The number of halogens is 1. The first-order chi connectivity index (χ1) is 9.61. The highest BCUT2D eigenvalue weighted by Gasteiger charge is 2.09. The highest BCUT2D eigenvalue weighted by atomic mass is 19.1. The van der Waals surface area contributed by atoms with Crippen LogP contribution in [0.25, 0.3) is 0 Å². The number of hydrogen-bond donors (Lipinski definition) is 1. The molecule has 0 amide bonds. The van der Waals surface area contributed by atoms with Crippen molar-refractivity contribution in [2.75, 3.05) is 6.54 Å². The van der Waals surface area contributed by atoms with Crippen molar-refractivity contribution >= 4 is 0 Å². The van der Waals surface area contributed by atoms with Gasteiger partial charge in [0.2, 0.25) is 0 Å². The van der Waals surface area contributed by atoms with E-state index >= 15 is 0 Å². The molecule has 20 heavy (non-hydrogen) atoms. The molecule has 0 aliphatic carbocycles. The summed E-state index contributed by atoms with van der Waals surface area (Å²) in [7, 11) is 0. The Balaban J connectivity index is 2.21. The third kappa shape index (κ3) is 3.36. The normalized spacial score (nSPS) is 12.2. The van der Waals surface area contributed by atoms with Crippen LogP contribution in [-0.2, 0) is 0 Å². The molecule has 2 rings (SSSR count). The molecule has 0 spiro atoms. The zero-order valence-corrected chi connectivity index (χ0v) is 12.1. The number of rotatable bonds is 5. The van der Waals surface area contributed by atoms with Crippen molar-refractivity contribution in [3.8, 4) is 11.5 Å². The molecule has 0 aromatic heterocycles. The van der Waals surface area contributed by atoms with E-state index in [1.54, 1.807) is 25.1 Å². The van der Waals surface area contributed by atoms with E-state index in [1.807, 2.05) is 24.3 Å².